The molecule has 0 aliphatic heterocycles. The molecular formula is C34H35ClN4O6S. The lowest BCUT2D eigenvalue weighted by atomic mass is 10.0. The fraction of sp³-hybridized carbons (Fsp3) is 0.235. The third kappa shape index (κ3) is 8.92. The number of anilines is 1. The van der Waals surface area contributed by atoms with Crippen LogP contribution in [-0.2, 0) is 32.6 Å². The second-order valence-electron chi connectivity index (χ2n) is 11.7. The van der Waals surface area contributed by atoms with Crippen molar-refractivity contribution < 1.29 is 22.9 Å². The van der Waals surface area contributed by atoms with Crippen LogP contribution in [-0.4, -0.2) is 48.2 Å². The average Bonchev–Trinajstić information content (AvgIpc) is 3.01. The molecule has 2 amide bonds. The third-order valence-corrected chi connectivity index (χ3v) is 8.99. The number of amides is 2. The molecule has 12 heteroatoms. The Hall–Kier alpha value is -4.74. The maximum atomic E-state index is 14.5. The van der Waals surface area contributed by atoms with Crippen LogP contribution < -0.4 is 9.62 Å². The summed E-state index contributed by atoms with van der Waals surface area (Å²) in [5, 5.41) is 14.7. The molecule has 0 fully saturated rings. The number of non-ortho nitro benzene ring substituents is 1. The van der Waals surface area contributed by atoms with Gasteiger partial charge >= 0.3 is 0 Å². The summed E-state index contributed by atoms with van der Waals surface area (Å²) < 4.78 is 28.9. The van der Waals surface area contributed by atoms with Crippen molar-refractivity contribution in [3.8, 4) is 0 Å². The second-order valence-corrected chi connectivity index (χ2v) is 14.0. The van der Waals surface area contributed by atoms with E-state index in [9.17, 15) is 28.1 Å². The predicted octanol–water partition coefficient (Wildman–Crippen LogP) is 6.00. The van der Waals surface area contributed by atoms with E-state index in [1.54, 1.807) is 42.5 Å². The number of carbonyl (C=O) groups is 2. The van der Waals surface area contributed by atoms with Crippen molar-refractivity contribution in [1.29, 1.82) is 0 Å². The minimum Gasteiger partial charge on any atom is -0.350 e. The summed E-state index contributed by atoms with van der Waals surface area (Å²) in [6.07, 6.45) is 0.151. The van der Waals surface area contributed by atoms with Gasteiger partial charge in [-0.15, -0.1) is 0 Å². The molecule has 1 N–H and O–H groups in total. The van der Waals surface area contributed by atoms with Gasteiger partial charge in [0.15, 0.2) is 0 Å². The summed E-state index contributed by atoms with van der Waals surface area (Å²) in [7, 11) is -4.33. The summed E-state index contributed by atoms with van der Waals surface area (Å²) in [5.74, 6) is -1.08. The Morgan fingerprint density at radius 2 is 1.46 bits per heavy atom. The normalized spacial score (nSPS) is 12.2. The summed E-state index contributed by atoms with van der Waals surface area (Å²) in [4.78, 5) is 40.4. The Bertz CT molecular complexity index is 1780. The molecule has 0 saturated heterocycles. The van der Waals surface area contributed by atoms with Gasteiger partial charge in [-0.2, -0.15) is 0 Å². The minimum atomic E-state index is -4.33. The summed E-state index contributed by atoms with van der Waals surface area (Å²) in [6.45, 7) is 4.75. The zero-order chi connectivity index (χ0) is 33.5. The van der Waals surface area contributed by atoms with Crippen LogP contribution in [0.2, 0.25) is 5.02 Å². The summed E-state index contributed by atoms with van der Waals surface area (Å²) in [5.41, 5.74) is 0.610. The maximum Gasteiger partial charge on any atom is 0.269 e. The summed E-state index contributed by atoms with van der Waals surface area (Å²) >= 11 is 6.28. The van der Waals surface area contributed by atoms with E-state index in [4.69, 9.17) is 11.6 Å². The Balaban J connectivity index is 1.82. The molecule has 0 aliphatic carbocycles. The van der Waals surface area contributed by atoms with Crippen LogP contribution in [0.3, 0.4) is 0 Å². The highest BCUT2D eigenvalue weighted by Gasteiger charge is 2.35. The van der Waals surface area contributed by atoms with Crippen LogP contribution in [0.25, 0.3) is 0 Å². The van der Waals surface area contributed by atoms with Crippen molar-refractivity contribution in [1.82, 2.24) is 10.2 Å². The van der Waals surface area contributed by atoms with Gasteiger partial charge in [0.25, 0.3) is 15.7 Å². The third-order valence-electron chi connectivity index (χ3n) is 6.97. The topological polar surface area (TPSA) is 130 Å². The monoisotopic (exact) mass is 662 g/mol. The second kappa shape index (κ2) is 14.6. The van der Waals surface area contributed by atoms with Crippen LogP contribution in [0.5, 0.6) is 0 Å². The number of hydrogen-bond acceptors (Lipinski definition) is 6. The Kier molecular flexibility index (Phi) is 10.8. The molecule has 0 unspecified atom stereocenters. The van der Waals surface area contributed by atoms with Gasteiger partial charge < -0.3 is 10.2 Å². The molecule has 4 aromatic carbocycles. The van der Waals surface area contributed by atoms with Crippen LogP contribution in [0.1, 0.15) is 31.9 Å². The van der Waals surface area contributed by atoms with E-state index in [1.165, 1.54) is 41.3 Å². The van der Waals surface area contributed by atoms with E-state index in [0.29, 0.717) is 10.6 Å². The highest BCUT2D eigenvalue weighted by Crippen LogP contribution is 2.27. The van der Waals surface area contributed by atoms with Crippen molar-refractivity contribution in [2.75, 3.05) is 10.8 Å². The lowest BCUT2D eigenvalue weighted by Crippen LogP contribution is -2.56. The van der Waals surface area contributed by atoms with E-state index in [-0.39, 0.29) is 29.2 Å². The van der Waals surface area contributed by atoms with Gasteiger partial charge in [0.2, 0.25) is 11.8 Å². The quantitative estimate of drug-likeness (QED) is 0.146. The lowest BCUT2D eigenvalue weighted by molar-refractivity contribution is -0.384. The van der Waals surface area contributed by atoms with Crippen molar-refractivity contribution in [3.63, 3.8) is 0 Å². The number of hydrogen-bond donors (Lipinski definition) is 1. The van der Waals surface area contributed by atoms with Gasteiger partial charge in [0.05, 0.1) is 15.5 Å². The van der Waals surface area contributed by atoms with Gasteiger partial charge in [0, 0.05) is 35.7 Å². The van der Waals surface area contributed by atoms with Crippen LogP contribution >= 0.6 is 11.6 Å². The number of sulfonamides is 1. The lowest BCUT2D eigenvalue weighted by Gasteiger charge is -2.35. The average molecular weight is 663 g/mol. The highest BCUT2D eigenvalue weighted by atomic mass is 35.5. The van der Waals surface area contributed by atoms with Crippen LogP contribution in [0.4, 0.5) is 11.4 Å². The van der Waals surface area contributed by atoms with E-state index < -0.39 is 44.9 Å². The zero-order valence-electron chi connectivity index (χ0n) is 25.7. The maximum absolute atomic E-state index is 14.5. The molecule has 240 valence electrons. The molecule has 0 spiro atoms. The van der Waals surface area contributed by atoms with Crippen LogP contribution in [0, 0.1) is 10.1 Å². The number of halogens is 1. The molecular weight excluding hydrogens is 628 g/mol. The number of rotatable bonds is 12. The first-order valence-electron chi connectivity index (χ1n) is 14.5. The van der Waals surface area contributed by atoms with Crippen molar-refractivity contribution in [2.24, 2.45) is 0 Å². The molecule has 0 heterocycles. The number of nitrogens with zero attached hydrogens (tertiary/aromatic N) is 3. The Morgan fingerprint density at radius 3 is 2.02 bits per heavy atom. The SMILES string of the molecule is CC(C)(C)NC(=O)[C@@H](Cc1ccccc1)N(Cc1cccc(Cl)c1)C(=O)CN(c1ccc([N+](=O)[O-])cc1)S(=O)(=O)c1ccccc1. The zero-order valence-corrected chi connectivity index (χ0v) is 27.2. The van der Waals surface area contributed by atoms with E-state index in [1.807, 2.05) is 51.1 Å². The first kappa shape index (κ1) is 34.1. The standard InChI is InChI=1S/C34H35ClN4O6S/c1-34(2,3)36-33(41)31(22-25-11-6-4-7-12-25)37(23-26-13-10-14-27(35)21-26)32(40)24-38(28-17-19-29(20-18-28)39(42)43)46(44,45)30-15-8-5-9-16-30/h4-21,31H,22-24H2,1-3H3,(H,36,41)/t31-/m1/s1. The first-order valence-corrected chi connectivity index (χ1v) is 16.3. The molecule has 0 aromatic heterocycles. The van der Waals surface area contributed by atoms with Crippen molar-refractivity contribution in [2.45, 2.75) is 50.2 Å². The molecule has 0 bridgehead atoms. The molecule has 0 aliphatic rings. The van der Waals surface area contributed by atoms with Crippen molar-refractivity contribution >= 4 is 44.8 Å². The van der Waals surface area contributed by atoms with Gasteiger partial charge in [0.1, 0.15) is 12.6 Å². The van der Waals surface area contributed by atoms with E-state index in [0.717, 1.165) is 9.87 Å². The number of nitrogens with one attached hydrogen (secondary N) is 1. The van der Waals surface area contributed by atoms with E-state index in [2.05, 4.69) is 5.32 Å². The number of benzene rings is 4. The minimum absolute atomic E-state index is 0.0456. The predicted molar refractivity (Wildman–Crippen MR) is 178 cm³/mol. The van der Waals surface area contributed by atoms with Crippen LogP contribution in [0.15, 0.2) is 114 Å². The molecule has 46 heavy (non-hydrogen) atoms. The Labute approximate surface area is 273 Å². The van der Waals surface area contributed by atoms with Gasteiger partial charge in [-0.05, 0) is 68.3 Å². The molecule has 0 radical (unpaired) electrons. The molecule has 10 nitrogen and oxygen atoms in total. The fourth-order valence-electron chi connectivity index (χ4n) is 4.83. The van der Waals surface area contributed by atoms with Gasteiger partial charge in [-0.25, -0.2) is 8.42 Å². The Morgan fingerprint density at radius 1 is 0.870 bits per heavy atom. The smallest absolute Gasteiger partial charge is 0.269 e. The van der Waals surface area contributed by atoms with Gasteiger partial charge in [-0.1, -0.05) is 72.3 Å². The first-order chi connectivity index (χ1) is 21.7. The molecule has 0 saturated carbocycles. The molecule has 1 atom stereocenters. The van der Waals surface area contributed by atoms with E-state index >= 15 is 0 Å². The number of carbonyl (C=O) groups excluding carboxylic acids is 2. The fourth-order valence-corrected chi connectivity index (χ4v) is 6.48. The molecule has 4 aromatic rings. The van der Waals surface area contributed by atoms with Gasteiger partial charge in [-0.3, -0.25) is 24.0 Å². The highest BCUT2D eigenvalue weighted by molar-refractivity contribution is 7.92. The largest absolute Gasteiger partial charge is 0.350 e. The number of nitro groups is 1. The summed E-state index contributed by atoms with van der Waals surface area (Å²) in [6, 6.07) is 27.5. The number of nitro benzene ring substituents is 1. The van der Waals surface area contributed by atoms with Crippen molar-refractivity contribution in [3.05, 3.63) is 135 Å². The molecule has 4 rings (SSSR count).